The second kappa shape index (κ2) is 15.5. The zero-order valence-corrected chi connectivity index (χ0v) is 28.3. The maximum absolute atomic E-state index is 13.3. The number of unbranched alkanes of at least 4 members (excludes halogenated alkanes) is 1. The molecule has 1 saturated carbocycles. The number of fused-ring (bicyclic) bond motifs is 1. The molecule has 252 valence electrons. The Kier molecular flexibility index (Phi) is 12.0. The lowest BCUT2D eigenvalue weighted by Crippen LogP contribution is -2.23. The normalized spacial score (nSPS) is 17.3. The Hall–Kier alpha value is -3.29. The van der Waals surface area contributed by atoms with Gasteiger partial charge in [-0.25, -0.2) is 14.8 Å². The van der Waals surface area contributed by atoms with Crippen LogP contribution >= 0.6 is 0 Å². The summed E-state index contributed by atoms with van der Waals surface area (Å²) in [5.41, 5.74) is -0.364. The Morgan fingerprint density at radius 2 is 1.78 bits per heavy atom. The summed E-state index contributed by atoms with van der Waals surface area (Å²) in [6.45, 7) is 11.3. The Morgan fingerprint density at radius 1 is 1.04 bits per heavy atom. The summed E-state index contributed by atoms with van der Waals surface area (Å²) in [6.07, 6.45) is 1.32. The van der Waals surface area contributed by atoms with E-state index in [0.717, 1.165) is 75.7 Å². The molecule has 0 bridgehead atoms. The van der Waals surface area contributed by atoms with Crippen LogP contribution < -0.4 is 5.32 Å². The van der Waals surface area contributed by atoms with Crippen molar-refractivity contribution in [3.63, 3.8) is 0 Å². The highest BCUT2D eigenvalue weighted by atomic mass is 28.3. The van der Waals surface area contributed by atoms with Crippen LogP contribution in [0.2, 0.25) is 25.7 Å². The van der Waals surface area contributed by atoms with Crippen molar-refractivity contribution >= 4 is 36.7 Å². The van der Waals surface area contributed by atoms with E-state index in [9.17, 15) is 22.8 Å². The minimum absolute atomic E-state index is 0.0270. The van der Waals surface area contributed by atoms with Gasteiger partial charge in [-0.05, 0) is 68.3 Å². The number of anilines is 1. The first kappa shape index (κ1) is 35.6. The van der Waals surface area contributed by atoms with E-state index in [0.29, 0.717) is 23.6 Å². The SMILES string of the molecule is CCCCOCC1CCC(c2nc3cc(C(=O)OC)c(NC(=O)c4cccc(C(F)(F)F)n4)cc3n2COCC[Si](C)(C)C)CC1. The first-order valence-electron chi connectivity index (χ1n) is 15.9. The largest absolute Gasteiger partial charge is 0.465 e. The van der Waals surface area contributed by atoms with Crippen LogP contribution in [0.15, 0.2) is 30.3 Å². The lowest BCUT2D eigenvalue weighted by Gasteiger charge is -2.28. The van der Waals surface area contributed by atoms with Crippen molar-refractivity contribution in [2.45, 2.75) is 90.0 Å². The fraction of sp³-hybridized carbons (Fsp3) is 0.576. The van der Waals surface area contributed by atoms with Crippen LogP contribution in [-0.4, -0.2) is 61.4 Å². The highest BCUT2D eigenvalue weighted by Gasteiger charge is 2.33. The molecule has 9 nitrogen and oxygen atoms in total. The van der Waals surface area contributed by atoms with Crippen LogP contribution in [0.3, 0.4) is 0 Å². The third kappa shape index (κ3) is 9.38. The molecule has 46 heavy (non-hydrogen) atoms. The maximum atomic E-state index is 13.3. The quantitative estimate of drug-likeness (QED) is 0.106. The molecule has 1 aromatic carbocycles. The number of halogens is 3. The van der Waals surface area contributed by atoms with E-state index in [-0.39, 0.29) is 23.9 Å². The van der Waals surface area contributed by atoms with E-state index >= 15 is 0 Å². The fourth-order valence-electron chi connectivity index (χ4n) is 5.54. The maximum Gasteiger partial charge on any atom is 0.433 e. The van der Waals surface area contributed by atoms with Gasteiger partial charge >= 0.3 is 12.1 Å². The number of alkyl halides is 3. The summed E-state index contributed by atoms with van der Waals surface area (Å²) < 4.78 is 58.8. The zero-order chi connectivity index (χ0) is 33.5. The lowest BCUT2D eigenvalue weighted by atomic mass is 9.82. The number of amides is 1. The van der Waals surface area contributed by atoms with Crippen molar-refractivity contribution in [2.24, 2.45) is 5.92 Å². The van der Waals surface area contributed by atoms with Gasteiger partial charge in [0.25, 0.3) is 5.91 Å². The Labute approximate surface area is 269 Å². The number of carbonyl (C=O) groups excluding carboxylic acids is 2. The van der Waals surface area contributed by atoms with E-state index in [1.165, 1.54) is 13.2 Å². The third-order valence-electron chi connectivity index (χ3n) is 8.27. The van der Waals surface area contributed by atoms with Crippen LogP contribution in [-0.2, 0) is 27.1 Å². The summed E-state index contributed by atoms with van der Waals surface area (Å²) in [5.74, 6) is -0.120. The Balaban J connectivity index is 1.66. The molecule has 0 unspecified atom stereocenters. The summed E-state index contributed by atoms with van der Waals surface area (Å²) >= 11 is 0. The second-order valence-electron chi connectivity index (χ2n) is 13.1. The topological polar surface area (TPSA) is 105 Å². The van der Waals surface area contributed by atoms with Gasteiger partial charge in [-0.2, -0.15) is 13.2 Å². The number of methoxy groups -OCH3 is 1. The highest BCUT2D eigenvalue weighted by molar-refractivity contribution is 6.76. The van der Waals surface area contributed by atoms with Crippen LogP contribution in [0.4, 0.5) is 18.9 Å². The van der Waals surface area contributed by atoms with Gasteiger partial charge in [-0.1, -0.05) is 39.1 Å². The predicted molar refractivity (Wildman–Crippen MR) is 173 cm³/mol. The van der Waals surface area contributed by atoms with Crippen molar-refractivity contribution in [1.82, 2.24) is 14.5 Å². The number of hydrogen-bond donors (Lipinski definition) is 1. The Bertz CT molecular complexity index is 1500. The molecule has 13 heteroatoms. The van der Waals surface area contributed by atoms with Crippen LogP contribution in [0.1, 0.15) is 83.7 Å². The molecule has 2 aromatic heterocycles. The van der Waals surface area contributed by atoms with E-state index in [1.807, 2.05) is 4.57 Å². The molecule has 4 rings (SSSR count). The van der Waals surface area contributed by atoms with Gasteiger partial charge in [0.15, 0.2) is 0 Å². The number of hydrogen-bond acceptors (Lipinski definition) is 7. The van der Waals surface area contributed by atoms with Crippen LogP contribution in [0, 0.1) is 5.92 Å². The molecule has 0 spiro atoms. The van der Waals surface area contributed by atoms with Gasteiger partial charge in [0.2, 0.25) is 0 Å². The summed E-state index contributed by atoms with van der Waals surface area (Å²) in [4.78, 5) is 34.4. The molecule has 1 aliphatic carbocycles. The number of nitrogens with zero attached hydrogens (tertiary/aromatic N) is 3. The number of carbonyl (C=O) groups is 2. The van der Waals surface area contributed by atoms with Gasteiger partial charge in [0.05, 0.1) is 29.4 Å². The second-order valence-corrected chi connectivity index (χ2v) is 18.8. The van der Waals surface area contributed by atoms with E-state index in [1.54, 1.807) is 12.1 Å². The number of pyridine rings is 1. The average Bonchev–Trinajstić information content (AvgIpc) is 3.37. The molecule has 1 fully saturated rings. The molecule has 0 saturated heterocycles. The molecule has 1 aliphatic rings. The number of imidazole rings is 1. The van der Waals surface area contributed by atoms with Crippen molar-refractivity contribution in [3.8, 4) is 0 Å². The number of nitrogens with one attached hydrogen (secondary N) is 1. The monoisotopic (exact) mass is 662 g/mol. The first-order chi connectivity index (χ1) is 21.8. The van der Waals surface area contributed by atoms with Gasteiger partial charge in [0.1, 0.15) is 23.9 Å². The number of esters is 1. The standard InChI is InChI=1S/C33H45F3N4O5Si/c1-6-7-15-44-20-22-11-13-23(14-12-22)30-38-27-18-24(32(42)43-2)26(19-28(27)40(30)21-45-16-17-46(3,4)5)39-31(41)25-9-8-10-29(37-25)33(34,35)36/h8-10,18-19,22-23H,6-7,11-17,20-21H2,1-5H3,(H,39,41). The number of benzene rings is 1. The number of rotatable bonds is 14. The highest BCUT2D eigenvalue weighted by Crippen LogP contribution is 2.38. The summed E-state index contributed by atoms with van der Waals surface area (Å²) in [6, 6.07) is 7.22. The van der Waals surface area contributed by atoms with E-state index in [4.69, 9.17) is 19.2 Å². The molecular formula is C33H45F3N4O5Si. The van der Waals surface area contributed by atoms with Gasteiger partial charge in [-0.15, -0.1) is 0 Å². The van der Waals surface area contributed by atoms with Crippen LogP contribution in [0.5, 0.6) is 0 Å². The zero-order valence-electron chi connectivity index (χ0n) is 27.3. The molecule has 0 atom stereocenters. The molecular weight excluding hydrogens is 617 g/mol. The minimum atomic E-state index is -4.72. The predicted octanol–water partition coefficient (Wildman–Crippen LogP) is 7.89. The number of ether oxygens (including phenoxy) is 3. The number of aromatic nitrogens is 3. The molecule has 0 aliphatic heterocycles. The van der Waals surface area contributed by atoms with Gasteiger partial charge in [-0.3, -0.25) is 4.79 Å². The molecule has 0 radical (unpaired) electrons. The molecule has 1 amide bonds. The summed E-state index contributed by atoms with van der Waals surface area (Å²) in [7, 11) is -0.124. The average molecular weight is 663 g/mol. The third-order valence-corrected chi connectivity index (χ3v) is 9.97. The first-order valence-corrected chi connectivity index (χ1v) is 19.6. The summed E-state index contributed by atoms with van der Waals surface area (Å²) in [5, 5.41) is 2.59. The van der Waals surface area contributed by atoms with Crippen molar-refractivity contribution in [2.75, 3.05) is 32.2 Å². The smallest absolute Gasteiger partial charge is 0.433 e. The molecule has 2 heterocycles. The minimum Gasteiger partial charge on any atom is -0.465 e. The Morgan fingerprint density at radius 3 is 2.43 bits per heavy atom. The van der Waals surface area contributed by atoms with Crippen LogP contribution in [0.25, 0.3) is 11.0 Å². The van der Waals surface area contributed by atoms with E-state index < -0.39 is 37.5 Å². The molecule has 3 aromatic rings. The van der Waals surface area contributed by atoms with Gasteiger partial charge < -0.3 is 24.1 Å². The van der Waals surface area contributed by atoms with Crippen molar-refractivity contribution in [1.29, 1.82) is 0 Å². The fourth-order valence-corrected chi connectivity index (χ4v) is 6.30. The van der Waals surface area contributed by atoms with E-state index in [2.05, 4.69) is 36.9 Å². The van der Waals surface area contributed by atoms with Crippen molar-refractivity contribution < 1.29 is 37.0 Å². The van der Waals surface area contributed by atoms with Gasteiger partial charge in [0, 0.05) is 33.8 Å². The lowest BCUT2D eigenvalue weighted by molar-refractivity contribution is -0.141. The molecule has 1 N–H and O–H groups in total. The van der Waals surface area contributed by atoms with Crippen molar-refractivity contribution in [3.05, 3.63) is 53.1 Å².